The molecule has 0 aliphatic carbocycles. The van der Waals surface area contributed by atoms with E-state index in [0.717, 1.165) is 37.2 Å². The van der Waals surface area contributed by atoms with Crippen molar-refractivity contribution in [2.45, 2.75) is 12.8 Å². The fourth-order valence-electron chi connectivity index (χ4n) is 1.86. The topological polar surface area (TPSA) is 29.5 Å². The summed E-state index contributed by atoms with van der Waals surface area (Å²) >= 11 is 0. The van der Waals surface area contributed by atoms with Crippen LogP contribution in [0.5, 0.6) is 5.75 Å². The van der Waals surface area contributed by atoms with Gasteiger partial charge in [-0.2, -0.15) is 0 Å². The van der Waals surface area contributed by atoms with Crippen LogP contribution < -0.4 is 4.74 Å². The molecule has 1 fully saturated rings. The normalized spacial score (nSPS) is 15.4. The molecule has 0 saturated carbocycles. The van der Waals surface area contributed by atoms with Gasteiger partial charge >= 0.3 is 0 Å². The Bertz CT molecular complexity index is 356. The third-order valence-corrected chi connectivity index (χ3v) is 2.71. The highest BCUT2D eigenvalue weighted by atomic mass is 16.5. The Morgan fingerprint density at radius 3 is 2.73 bits per heavy atom. The molecule has 1 aromatic carbocycles. The average molecular weight is 205 g/mol. The number of likely N-dealkylation sites (tertiary alicyclic amines) is 1. The zero-order valence-corrected chi connectivity index (χ0v) is 8.90. The molecule has 0 aromatic heterocycles. The van der Waals surface area contributed by atoms with Gasteiger partial charge in [-0.25, -0.2) is 0 Å². The maximum absolute atomic E-state index is 12.0. The van der Waals surface area contributed by atoms with Crippen molar-refractivity contribution >= 4 is 5.91 Å². The van der Waals surface area contributed by atoms with Gasteiger partial charge in [0.1, 0.15) is 5.75 Å². The summed E-state index contributed by atoms with van der Waals surface area (Å²) in [6.45, 7) is 1.77. The highest BCUT2D eigenvalue weighted by molar-refractivity contribution is 5.94. The summed E-state index contributed by atoms with van der Waals surface area (Å²) < 4.78 is 5.10. The van der Waals surface area contributed by atoms with Crippen molar-refractivity contribution in [1.82, 2.24) is 4.90 Å². The van der Waals surface area contributed by atoms with Crippen LogP contribution in [0.3, 0.4) is 0 Å². The molecule has 0 N–H and O–H groups in total. The van der Waals surface area contributed by atoms with E-state index in [9.17, 15) is 4.79 Å². The van der Waals surface area contributed by atoms with Gasteiger partial charge in [0.25, 0.3) is 5.91 Å². The molecule has 2 rings (SSSR count). The third kappa shape index (κ3) is 2.12. The van der Waals surface area contributed by atoms with Gasteiger partial charge in [-0.3, -0.25) is 4.79 Å². The minimum Gasteiger partial charge on any atom is -0.497 e. The van der Waals surface area contributed by atoms with Gasteiger partial charge in [-0.1, -0.05) is 6.07 Å². The first-order chi connectivity index (χ1) is 7.31. The predicted molar refractivity (Wildman–Crippen MR) is 58.1 cm³/mol. The summed E-state index contributed by atoms with van der Waals surface area (Å²) in [4.78, 5) is 13.9. The first-order valence-electron chi connectivity index (χ1n) is 5.24. The summed E-state index contributed by atoms with van der Waals surface area (Å²) in [6, 6.07) is 7.33. The van der Waals surface area contributed by atoms with E-state index in [2.05, 4.69) is 0 Å². The Labute approximate surface area is 89.7 Å². The summed E-state index contributed by atoms with van der Waals surface area (Å²) in [5.41, 5.74) is 0.719. The van der Waals surface area contributed by atoms with Crippen LogP contribution in [0.25, 0.3) is 0 Å². The Balaban J connectivity index is 2.17. The van der Waals surface area contributed by atoms with Crippen LogP contribution in [0.15, 0.2) is 24.3 Å². The number of carbonyl (C=O) groups is 1. The van der Waals surface area contributed by atoms with E-state index < -0.39 is 0 Å². The van der Waals surface area contributed by atoms with Gasteiger partial charge in [0, 0.05) is 18.7 Å². The molecule has 1 aromatic rings. The fourth-order valence-corrected chi connectivity index (χ4v) is 1.86. The molecular formula is C12H15NO2. The maximum atomic E-state index is 12.0. The number of ether oxygens (including phenoxy) is 1. The van der Waals surface area contributed by atoms with E-state index in [4.69, 9.17) is 4.74 Å². The molecule has 15 heavy (non-hydrogen) atoms. The molecule has 0 spiro atoms. The number of hydrogen-bond donors (Lipinski definition) is 0. The van der Waals surface area contributed by atoms with Gasteiger partial charge in [-0.05, 0) is 31.0 Å². The van der Waals surface area contributed by atoms with E-state index in [1.807, 2.05) is 23.1 Å². The van der Waals surface area contributed by atoms with Crippen LogP contribution in [0.1, 0.15) is 23.2 Å². The van der Waals surface area contributed by atoms with Crippen molar-refractivity contribution in [2.75, 3.05) is 20.2 Å². The highest BCUT2D eigenvalue weighted by Crippen LogP contribution is 2.17. The highest BCUT2D eigenvalue weighted by Gasteiger charge is 2.19. The largest absolute Gasteiger partial charge is 0.497 e. The van der Waals surface area contributed by atoms with E-state index in [1.165, 1.54) is 0 Å². The second-order valence-electron chi connectivity index (χ2n) is 3.73. The van der Waals surface area contributed by atoms with Crippen molar-refractivity contribution in [3.05, 3.63) is 29.8 Å². The molecule has 0 bridgehead atoms. The van der Waals surface area contributed by atoms with Crippen molar-refractivity contribution in [3.63, 3.8) is 0 Å². The van der Waals surface area contributed by atoms with Crippen LogP contribution >= 0.6 is 0 Å². The van der Waals surface area contributed by atoms with Crippen LogP contribution in [-0.2, 0) is 0 Å². The Hall–Kier alpha value is -1.51. The average Bonchev–Trinajstić information content (AvgIpc) is 2.81. The zero-order chi connectivity index (χ0) is 10.7. The Morgan fingerprint density at radius 2 is 2.07 bits per heavy atom. The zero-order valence-electron chi connectivity index (χ0n) is 8.90. The van der Waals surface area contributed by atoms with E-state index >= 15 is 0 Å². The Kier molecular flexibility index (Phi) is 2.90. The van der Waals surface area contributed by atoms with E-state index in [0.29, 0.717) is 0 Å². The second kappa shape index (κ2) is 4.34. The lowest BCUT2D eigenvalue weighted by Crippen LogP contribution is -2.27. The first kappa shape index (κ1) is 10.0. The molecule has 1 saturated heterocycles. The first-order valence-corrected chi connectivity index (χ1v) is 5.24. The summed E-state index contributed by atoms with van der Waals surface area (Å²) in [7, 11) is 1.61. The summed E-state index contributed by atoms with van der Waals surface area (Å²) in [6.07, 6.45) is 2.24. The number of methoxy groups -OCH3 is 1. The van der Waals surface area contributed by atoms with Crippen LogP contribution in [0, 0.1) is 0 Å². The lowest BCUT2D eigenvalue weighted by atomic mass is 10.2. The molecule has 3 nitrogen and oxygen atoms in total. The molecule has 0 radical (unpaired) electrons. The second-order valence-corrected chi connectivity index (χ2v) is 3.73. The number of carbonyl (C=O) groups excluding carboxylic acids is 1. The molecular weight excluding hydrogens is 190 g/mol. The van der Waals surface area contributed by atoms with Gasteiger partial charge in [-0.15, -0.1) is 0 Å². The summed E-state index contributed by atoms with van der Waals surface area (Å²) in [5, 5.41) is 0. The van der Waals surface area contributed by atoms with Crippen molar-refractivity contribution in [3.8, 4) is 5.75 Å². The lowest BCUT2D eigenvalue weighted by Gasteiger charge is -2.15. The smallest absolute Gasteiger partial charge is 0.253 e. The number of rotatable bonds is 2. The fraction of sp³-hybridized carbons (Fsp3) is 0.417. The summed E-state index contributed by atoms with van der Waals surface area (Å²) in [5.74, 6) is 0.853. The molecule has 1 amide bonds. The lowest BCUT2D eigenvalue weighted by molar-refractivity contribution is 0.0792. The number of nitrogens with zero attached hydrogens (tertiary/aromatic N) is 1. The van der Waals surface area contributed by atoms with Crippen LogP contribution in [-0.4, -0.2) is 31.0 Å². The Morgan fingerprint density at radius 1 is 1.33 bits per heavy atom. The molecule has 1 aliphatic heterocycles. The van der Waals surface area contributed by atoms with Crippen molar-refractivity contribution in [1.29, 1.82) is 0 Å². The minimum atomic E-state index is 0.117. The minimum absolute atomic E-state index is 0.117. The number of benzene rings is 1. The molecule has 0 unspecified atom stereocenters. The van der Waals surface area contributed by atoms with Gasteiger partial charge in [0.15, 0.2) is 0 Å². The van der Waals surface area contributed by atoms with Crippen LogP contribution in [0.2, 0.25) is 0 Å². The molecule has 1 heterocycles. The van der Waals surface area contributed by atoms with E-state index in [1.54, 1.807) is 13.2 Å². The number of hydrogen-bond acceptors (Lipinski definition) is 2. The van der Waals surface area contributed by atoms with Crippen molar-refractivity contribution in [2.24, 2.45) is 0 Å². The quantitative estimate of drug-likeness (QED) is 0.738. The van der Waals surface area contributed by atoms with Crippen LogP contribution in [0.4, 0.5) is 0 Å². The molecule has 3 heteroatoms. The number of amides is 1. The van der Waals surface area contributed by atoms with E-state index in [-0.39, 0.29) is 5.91 Å². The SMILES string of the molecule is COc1cccc(C(=O)N2CCCC2)c1. The monoisotopic (exact) mass is 205 g/mol. The van der Waals surface area contributed by atoms with Gasteiger partial charge < -0.3 is 9.64 Å². The van der Waals surface area contributed by atoms with Gasteiger partial charge in [0.2, 0.25) is 0 Å². The molecule has 1 aliphatic rings. The predicted octanol–water partition coefficient (Wildman–Crippen LogP) is 1.93. The standard InChI is InChI=1S/C12H15NO2/c1-15-11-6-4-5-10(9-11)12(14)13-7-2-3-8-13/h4-6,9H,2-3,7-8H2,1H3. The van der Waals surface area contributed by atoms with Gasteiger partial charge in [0.05, 0.1) is 7.11 Å². The third-order valence-electron chi connectivity index (χ3n) is 2.71. The molecule has 0 atom stereocenters. The van der Waals surface area contributed by atoms with Crippen molar-refractivity contribution < 1.29 is 9.53 Å². The molecule has 80 valence electrons. The maximum Gasteiger partial charge on any atom is 0.253 e.